The van der Waals surface area contributed by atoms with Gasteiger partial charge in [-0.15, -0.1) is 22.7 Å². The number of carbonyl (C=O) groups excluding carboxylic acids is 1. The molecule has 0 aliphatic carbocycles. The molecule has 0 saturated carbocycles. The molecule has 4 rings (SSSR count). The number of fused-ring (bicyclic) bond motifs is 1. The number of hydrogen-bond donors (Lipinski definition) is 1. The van der Waals surface area contributed by atoms with Gasteiger partial charge in [-0.2, -0.15) is 0 Å². The third-order valence-electron chi connectivity index (χ3n) is 5.31. The zero-order valence-corrected chi connectivity index (χ0v) is 20.1. The number of aromatic nitrogens is 2. The van der Waals surface area contributed by atoms with Crippen molar-refractivity contribution in [3.8, 4) is 10.4 Å². The van der Waals surface area contributed by atoms with Gasteiger partial charge in [0.15, 0.2) is 0 Å². The van der Waals surface area contributed by atoms with Crippen LogP contribution in [0.2, 0.25) is 0 Å². The molecule has 1 saturated heterocycles. The molecule has 0 aromatic carbocycles. The average Bonchev–Trinajstić information content (AvgIpc) is 3.46. The van der Waals surface area contributed by atoms with Crippen molar-refractivity contribution < 1.29 is 14.3 Å². The van der Waals surface area contributed by atoms with Crippen LogP contribution in [-0.4, -0.2) is 80.9 Å². The van der Waals surface area contributed by atoms with Gasteiger partial charge in [-0.1, -0.05) is 6.07 Å². The summed E-state index contributed by atoms with van der Waals surface area (Å²) in [7, 11) is 3.58. The molecular formula is C22H29N5O3S2. The lowest BCUT2D eigenvalue weighted by Gasteiger charge is -2.26. The number of nitrogens with one attached hydrogen (secondary N) is 1. The molecule has 1 aliphatic rings. The number of hydrogen-bond acceptors (Lipinski definition) is 9. The van der Waals surface area contributed by atoms with Crippen molar-refractivity contribution in [3.05, 3.63) is 28.7 Å². The maximum absolute atomic E-state index is 12.5. The van der Waals surface area contributed by atoms with Gasteiger partial charge in [0, 0.05) is 56.2 Å². The SMILES string of the molecule is COCCCNC(=O)CN(C)c1nc(CN2CCOCC2)nc2scc(-c3cccs3)c12. The third-order valence-corrected chi connectivity index (χ3v) is 7.08. The van der Waals surface area contributed by atoms with Crippen molar-refractivity contribution in [2.24, 2.45) is 0 Å². The predicted octanol–water partition coefficient (Wildman–Crippen LogP) is 2.84. The van der Waals surface area contributed by atoms with E-state index < -0.39 is 0 Å². The smallest absolute Gasteiger partial charge is 0.239 e. The number of likely N-dealkylation sites (N-methyl/N-ethyl adjacent to an activating group) is 1. The van der Waals surface area contributed by atoms with Gasteiger partial charge in [-0.25, -0.2) is 9.97 Å². The van der Waals surface area contributed by atoms with E-state index in [4.69, 9.17) is 19.4 Å². The van der Waals surface area contributed by atoms with Crippen LogP contribution in [0, 0.1) is 0 Å². The van der Waals surface area contributed by atoms with E-state index in [2.05, 4.69) is 27.0 Å². The standard InChI is InChI=1S/C22H29N5O3S2/c1-26(14-19(28)23-6-4-9-29-2)21-20-16(17-5-3-12-31-17)15-32-22(20)25-18(24-21)13-27-7-10-30-11-8-27/h3,5,12,15H,4,6-11,13-14H2,1-2H3,(H,23,28). The normalized spacial score (nSPS) is 14.7. The number of carbonyl (C=O) groups is 1. The van der Waals surface area contributed by atoms with Gasteiger partial charge in [-0.3, -0.25) is 9.69 Å². The van der Waals surface area contributed by atoms with E-state index in [1.54, 1.807) is 29.8 Å². The topological polar surface area (TPSA) is 79.8 Å². The van der Waals surface area contributed by atoms with Gasteiger partial charge < -0.3 is 19.7 Å². The number of amides is 1. The van der Waals surface area contributed by atoms with Gasteiger partial charge in [0.05, 0.1) is 31.7 Å². The molecule has 1 amide bonds. The van der Waals surface area contributed by atoms with Crippen LogP contribution < -0.4 is 10.2 Å². The van der Waals surface area contributed by atoms with E-state index in [1.165, 1.54) is 4.88 Å². The number of thiophene rings is 2. The third kappa shape index (κ3) is 5.62. The predicted molar refractivity (Wildman–Crippen MR) is 130 cm³/mol. The summed E-state index contributed by atoms with van der Waals surface area (Å²) >= 11 is 3.33. The highest BCUT2D eigenvalue weighted by Crippen LogP contribution is 2.39. The fraction of sp³-hybridized carbons (Fsp3) is 0.500. The molecule has 32 heavy (non-hydrogen) atoms. The van der Waals surface area contributed by atoms with Crippen molar-refractivity contribution >= 4 is 44.6 Å². The van der Waals surface area contributed by atoms with E-state index in [-0.39, 0.29) is 12.5 Å². The molecule has 1 aliphatic heterocycles. The van der Waals surface area contributed by atoms with Crippen molar-refractivity contribution in [2.75, 3.05) is 65.1 Å². The van der Waals surface area contributed by atoms with E-state index in [9.17, 15) is 4.79 Å². The summed E-state index contributed by atoms with van der Waals surface area (Å²) in [5, 5.41) is 8.19. The maximum Gasteiger partial charge on any atom is 0.239 e. The second kappa shape index (κ2) is 11.2. The number of ether oxygens (including phenoxy) is 2. The molecule has 3 aromatic rings. The van der Waals surface area contributed by atoms with Gasteiger partial charge in [0.2, 0.25) is 5.91 Å². The highest BCUT2D eigenvalue weighted by molar-refractivity contribution is 7.18. The fourth-order valence-corrected chi connectivity index (χ4v) is 5.45. The number of rotatable bonds is 10. The Morgan fingerprint density at radius 2 is 2.16 bits per heavy atom. The van der Waals surface area contributed by atoms with Crippen LogP contribution in [0.4, 0.5) is 5.82 Å². The first kappa shape index (κ1) is 23.1. The Morgan fingerprint density at radius 3 is 2.91 bits per heavy atom. The molecule has 10 heteroatoms. The Bertz CT molecular complexity index is 1020. The molecule has 3 aromatic heterocycles. The highest BCUT2D eigenvalue weighted by atomic mass is 32.1. The number of morpholine rings is 1. The summed E-state index contributed by atoms with van der Waals surface area (Å²) < 4.78 is 10.5. The summed E-state index contributed by atoms with van der Waals surface area (Å²) in [5.74, 6) is 1.55. The number of nitrogens with zero attached hydrogens (tertiary/aromatic N) is 4. The first-order chi connectivity index (χ1) is 15.7. The summed E-state index contributed by atoms with van der Waals surface area (Å²) in [4.78, 5) is 28.7. The molecule has 8 nitrogen and oxygen atoms in total. The van der Waals surface area contributed by atoms with Crippen LogP contribution >= 0.6 is 22.7 Å². The average molecular weight is 476 g/mol. The molecule has 0 radical (unpaired) electrons. The molecule has 0 atom stereocenters. The zero-order chi connectivity index (χ0) is 22.3. The second-order valence-electron chi connectivity index (χ2n) is 7.71. The molecule has 1 fully saturated rings. The number of anilines is 1. The molecule has 0 spiro atoms. The Balaban J connectivity index is 1.60. The summed E-state index contributed by atoms with van der Waals surface area (Å²) in [6, 6.07) is 4.16. The van der Waals surface area contributed by atoms with E-state index in [0.717, 1.165) is 60.1 Å². The largest absolute Gasteiger partial charge is 0.385 e. The quantitative estimate of drug-likeness (QED) is 0.452. The lowest BCUT2D eigenvalue weighted by Crippen LogP contribution is -2.37. The molecule has 172 valence electrons. The minimum atomic E-state index is -0.0296. The van der Waals surface area contributed by atoms with Crippen molar-refractivity contribution in [3.63, 3.8) is 0 Å². The Morgan fingerprint density at radius 1 is 1.31 bits per heavy atom. The van der Waals surface area contributed by atoms with Crippen LogP contribution in [0.1, 0.15) is 12.2 Å². The van der Waals surface area contributed by atoms with Crippen LogP contribution in [0.5, 0.6) is 0 Å². The van der Waals surface area contributed by atoms with Gasteiger partial charge in [-0.05, 0) is 17.9 Å². The van der Waals surface area contributed by atoms with E-state index in [1.807, 2.05) is 18.0 Å². The van der Waals surface area contributed by atoms with Crippen LogP contribution in [0.25, 0.3) is 20.7 Å². The van der Waals surface area contributed by atoms with Crippen LogP contribution in [-0.2, 0) is 20.8 Å². The minimum Gasteiger partial charge on any atom is -0.385 e. The van der Waals surface area contributed by atoms with Crippen molar-refractivity contribution in [1.29, 1.82) is 0 Å². The minimum absolute atomic E-state index is 0.0296. The second-order valence-corrected chi connectivity index (χ2v) is 9.52. The lowest BCUT2D eigenvalue weighted by atomic mass is 10.2. The van der Waals surface area contributed by atoms with Crippen LogP contribution in [0.15, 0.2) is 22.9 Å². The Hall–Kier alpha value is -2.11. The monoisotopic (exact) mass is 475 g/mol. The Labute approximate surface area is 196 Å². The molecule has 0 unspecified atom stereocenters. The van der Waals surface area contributed by atoms with Gasteiger partial charge >= 0.3 is 0 Å². The molecule has 0 bridgehead atoms. The fourth-order valence-electron chi connectivity index (χ4n) is 3.68. The first-order valence-corrected chi connectivity index (χ1v) is 12.5. The summed E-state index contributed by atoms with van der Waals surface area (Å²) in [6.07, 6.45) is 0.792. The zero-order valence-electron chi connectivity index (χ0n) is 18.5. The van der Waals surface area contributed by atoms with E-state index >= 15 is 0 Å². The van der Waals surface area contributed by atoms with Gasteiger partial charge in [0.25, 0.3) is 0 Å². The van der Waals surface area contributed by atoms with Gasteiger partial charge in [0.1, 0.15) is 16.5 Å². The summed E-state index contributed by atoms with van der Waals surface area (Å²) in [6.45, 7) is 5.36. The van der Waals surface area contributed by atoms with Crippen LogP contribution in [0.3, 0.4) is 0 Å². The van der Waals surface area contributed by atoms with Crippen molar-refractivity contribution in [1.82, 2.24) is 20.2 Å². The maximum atomic E-state index is 12.5. The van der Waals surface area contributed by atoms with E-state index in [0.29, 0.717) is 19.7 Å². The Kier molecular flexibility index (Phi) is 8.04. The van der Waals surface area contributed by atoms with Crippen molar-refractivity contribution in [2.45, 2.75) is 13.0 Å². The molecule has 4 heterocycles. The number of methoxy groups -OCH3 is 1. The molecule has 1 N–H and O–H groups in total. The highest BCUT2D eigenvalue weighted by Gasteiger charge is 2.21. The summed E-state index contributed by atoms with van der Waals surface area (Å²) in [5.41, 5.74) is 1.13. The lowest BCUT2D eigenvalue weighted by molar-refractivity contribution is -0.119. The first-order valence-electron chi connectivity index (χ1n) is 10.7. The molecular weight excluding hydrogens is 446 g/mol.